The van der Waals surface area contributed by atoms with Gasteiger partial charge in [-0.15, -0.1) is 0 Å². The van der Waals surface area contributed by atoms with Crippen LogP contribution in [0.25, 0.3) is 0 Å². The summed E-state index contributed by atoms with van der Waals surface area (Å²) in [5, 5.41) is 12.3. The Labute approximate surface area is 144 Å². The minimum Gasteiger partial charge on any atom is -0.497 e. The summed E-state index contributed by atoms with van der Waals surface area (Å²) in [4.78, 5) is 14.6. The first kappa shape index (κ1) is 18.3. The molecule has 0 radical (unpaired) electrons. The van der Waals surface area contributed by atoms with Crippen molar-refractivity contribution in [2.24, 2.45) is 5.92 Å². The minimum absolute atomic E-state index is 0.0578. The fourth-order valence-corrected chi connectivity index (χ4v) is 2.53. The van der Waals surface area contributed by atoms with E-state index in [0.717, 1.165) is 30.7 Å². The highest BCUT2D eigenvalue weighted by molar-refractivity contribution is 5.79. The molecule has 1 N–H and O–H groups in total. The van der Waals surface area contributed by atoms with Gasteiger partial charge >= 0.3 is 0 Å². The van der Waals surface area contributed by atoms with Crippen molar-refractivity contribution in [2.45, 2.75) is 51.7 Å². The average molecular weight is 329 g/mol. The molecule has 1 atom stereocenters. The number of nitriles is 1. The van der Waals surface area contributed by atoms with Crippen LogP contribution in [0.1, 0.15) is 39.2 Å². The van der Waals surface area contributed by atoms with E-state index in [1.165, 1.54) is 0 Å². The van der Waals surface area contributed by atoms with Crippen LogP contribution < -0.4 is 10.1 Å². The number of hydrogen-bond donors (Lipinski definition) is 1. The Hall–Kier alpha value is -2.06. The van der Waals surface area contributed by atoms with Gasteiger partial charge in [-0.05, 0) is 43.4 Å². The van der Waals surface area contributed by atoms with Gasteiger partial charge in [0.15, 0.2) is 0 Å². The zero-order valence-electron chi connectivity index (χ0n) is 15.0. The maximum Gasteiger partial charge on any atom is 0.235 e. The highest BCUT2D eigenvalue weighted by Crippen LogP contribution is 2.28. The molecule has 0 saturated heterocycles. The number of benzene rings is 1. The topological polar surface area (TPSA) is 65.4 Å². The van der Waals surface area contributed by atoms with E-state index in [1.54, 1.807) is 14.0 Å². The number of rotatable bonds is 8. The molecule has 0 spiro atoms. The zero-order valence-corrected chi connectivity index (χ0v) is 15.0. The second kappa shape index (κ2) is 7.67. The van der Waals surface area contributed by atoms with Crippen LogP contribution >= 0.6 is 0 Å². The smallest absolute Gasteiger partial charge is 0.235 e. The van der Waals surface area contributed by atoms with E-state index in [4.69, 9.17) is 4.74 Å². The molecule has 24 heavy (non-hydrogen) atoms. The van der Waals surface area contributed by atoms with E-state index in [9.17, 15) is 10.1 Å². The first-order valence-electron chi connectivity index (χ1n) is 8.47. The lowest BCUT2D eigenvalue weighted by Gasteiger charge is -2.29. The van der Waals surface area contributed by atoms with Crippen LogP contribution in [-0.2, 0) is 11.3 Å². The van der Waals surface area contributed by atoms with Gasteiger partial charge in [0.2, 0.25) is 5.91 Å². The lowest BCUT2D eigenvalue weighted by molar-refractivity contribution is -0.124. The fraction of sp³-hybridized carbons (Fsp3) is 0.579. The molecular weight excluding hydrogens is 302 g/mol. The van der Waals surface area contributed by atoms with Gasteiger partial charge in [-0.3, -0.25) is 9.69 Å². The van der Waals surface area contributed by atoms with Crippen LogP contribution in [0, 0.1) is 17.2 Å². The molecule has 1 amide bonds. The Kier molecular flexibility index (Phi) is 5.84. The molecule has 1 aliphatic rings. The molecule has 0 bridgehead atoms. The van der Waals surface area contributed by atoms with Crippen molar-refractivity contribution in [1.82, 2.24) is 10.2 Å². The van der Waals surface area contributed by atoms with E-state index >= 15 is 0 Å². The maximum atomic E-state index is 12.4. The summed E-state index contributed by atoms with van der Waals surface area (Å²) >= 11 is 0. The number of ether oxygens (including phenoxy) is 1. The van der Waals surface area contributed by atoms with Gasteiger partial charge in [0.25, 0.3) is 0 Å². The third kappa shape index (κ3) is 4.72. The normalized spacial score (nSPS) is 16.5. The quantitative estimate of drug-likeness (QED) is 0.796. The second-order valence-corrected chi connectivity index (χ2v) is 7.00. The Morgan fingerprint density at radius 1 is 1.42 bits per heavy atom. The Bertz CT molecular complexity index is 602. The Balaban J connectivity index is 1.98. The van der Waals surface area contributed by atoms with Crippen molar-refractivity contribution in [3.05, 3.63) is 29.8 Å². The zero-order chi connectivity index (χ0) is 17.7. The lowest BCUT2D eigenvalue weighted by atomic mass is 9.90. The molecule has 1 saturated carbocycles. The minimum atomic E-state index is -0.827. The molecule has 0 unspecified atom stereocenters. The Morgan fingerprint density at radius 3 is 2.50 bits per heavy atom. The number of nitrogens with one attached hydrogen (secondary N) is 1. The van der Waals surface area contributed by atoms with Crippen LogP contribution in [0.15, 0.2) is 24.3 Å². The van der Waals surface area contributed by atoms with Crippen molar-refractivity contribution in [1.29, 1.82) is 5.26 Å². The third-order valence-electron chi connectivity index (χ3n) is 4.74. The largest absolute Gasteiger partial charge is 0.497 e. The molecule has 130 valence electrons. The van der Waals surface area contributed by atoms with Gasteiger partial charge in [-0.25, -0.2) is 0 Å². The molecule has 0 heterocycles. The predicted octanol–water partition coefficient (Wildman–Crippen LogP) is 2.71. The van der Waals surface area contributed by atoms with E-state index in [1.807, 2.05) is 38.1 Å². The predicted molar refractivity (Wildman–Crippen MR) is 93.4 cm³/mol. The van der Waals surface area contributed by atoms with Crippen molar-refractivity contribution < 1.29 is 9.53 Å². The van der Waals surface area contributed by atoms with E-state index < -0.39 is 5.54 Å². The van der Waals surface area contributed by atoms with Gasteiger partial charge < -0.3 is 10.1 Å². The number of hydrogen-bond acceptors (Lipinski definition) is 4. The van der Waals surface area contributed by atoms with E-state index in [0.29, 0.717) is 12.6 Å². The average Bonchev–Trinajstić information content (AvgIpc) is 3.39. The van der Waals surface area contributed by atoms with E-state index in [-0.39, 0.29) is 11.8 Å². The van der Waals surface area contributed by atoms with E-state index in [2.05, 4.69) is 16.3 Å². The number of carbonyl (C=O) groups excluding carboxylic acids is 1. The summed E-state index contributed by atoms with van der Waals surface area (Å²) in [5.74, 6) is 0.798. The van der Waals surface area contributed by atoms with Crippen molar-refractivity contribution >= 4 is 5.91 Å². The summed E-state index contributed by atoms with van der Waals surface area (Å²) in [5.41, 5.74) is 0.328. The van der Waals surface area contributed by atoms with Crippen LogP contribution in [0.4, 0.5) is 0 Å². The Morgan fingerprint density at radius 2 is 2.04 bits per heavy atom. The van der Waals surface area contributed by atoms with Gasteiger partial charge in [-0.1, -0.05) is 26.0 Å². The summed E-state index contributed by atoms with van der Waals surface area (Å²) < 4.78 is 5.18. The van der Waals surface area contributed by atoms with Crippen molar-refractivity contribution in [3.63, 3.8) is 0 Å². The molecule has 5 heteroatoms. The van der Waals surface area contributed by atoms with Crippen molar-refractivity contribution in [3.8, 4) is 11.8 Å². The standard InChI is InChI=1S/C19H27N3O2/c1-14(2)19(3,13-20)21-18(23)12-22(16-7-8-16)11-15-5-9-17(24-4)10-6-15/h5-6,9-10,14,16H,7-8,11-12H2,1-4H3,(H,21,23)/t19-/m0/s1. The summed E-state index contributed by atoms with van der Waals surface area (Å²) in [7, 11) is 1.65. The summed E-state index contributed by atoms with van der Waals surface area (Å²) in [6, 6.07) is 10.6. The highest BCUT2D eigenvalue weighted by Gasteiger charge is 2.34. The van der Waals surface area contributed by atoms with Crippen LogP contribution in [-0.4, -0.2) is 36.0 Å². The second-order valence-electron chi connectivity index (χ2n) is 7.00. The third-order valence-corrected chi connectivity index (χ3v) is 4.74. The lowest BCUT2D eigenvalue weighted by Crippen LogP contribution is -2.52. The first-order chi connectivity index (χ1) is 11.4. The molecule has 1 fully saturated rings. The first-order valence-corrected chi connectivity index (χ1v) is 8.47. The molecule has 5 nitrogen and oxygen atoms in total. The van der Waals surface area contributed by atoms with Gasteiger partial charge in [0.05, 0.1) is 19.7 Å². The molecule has 0 aromatic heterocycles. The van der Waals surface area contributed by atoms with Gasteiger partial charge in [0.1, 0.15) is 11.3 Å². The molecule has 0 aliphatic heterocycles. The van der Waals surface area contributed by atoms with Gasteiger partial charge in [0, 0.05) is 12.6 Å². The number of amides is 1. The SMILES string of the molecule is COc1ccc(CN(CC(=O)N[C@@](C)(C#N)C(C)C)C2CC2)cc1. The van der Waals surface area contributed by atoms with Crippen LogP contribution in [0.3, 0.4) is 0 Å². The molecule has 2 rings (SSSR count). The molecule has 1 aromatic carbocycles. The molecule has 1 aliphatic carbocycles. The van der Waals surface area contributed by atoms with Crippen LogP contribution in [0.5, 0.6) is 5.75 Å². The number of methoxy groups -OCH3 is 1. The monoisotopic (exact) mass is 329 g/mol. The summed E-state index contributed by atoms with van der Waals surface area (Å²) in [6.45, 7) is 6.72. The number of carbonyl (C=O) groups is 1. The van der Waals surface area contributed by atoms with Crippen molar-refractivity contribution in [2.75, 3.05) is 13.7 Å². The van der Waals surface area contributed by atoms with Gasteiger partial charge in [-0.2, -0.15) is 5.26 Å². The fourth-order valence-electron chi connectivity index (χ4n) is 2.53. The molecule has 1 aromatic rings. The maximum absolute atomic E-state index is 12.4. The number of nitrogens with zero attached hydrogens (tertiary/aromatic N) is 2. The summed E-state index contributed by atoms with van der Waals surface area (Å²) in [6.07, 6.45) is 2.26. The molecular formula is C19H27N3O2. The van der Waals surface area contributed by atoms with Crippen LogP contribution in [0.2, 0.25) is 0 Å². The highest BCUT2D eigenvalue weighted by atomic mass is 16.5.